The second kappa shape index (κ2) is 4.87. The Morgan fingerprint density at radius 3 is 2.76 bits per heavy atom. The third-order valence-electron chi connectivity index (χ3n) is 2.57. The lowest BCUT2D eigenvalue weighted by atomic mass is 10.0. The van der Waals surface area contributed by atoms with Crippen molar-refractivity contribution >= 4 is 5.78 Å². The van der Waals surface area contributed by atoms with Crippen LogP contribution in [0.4, 0.5) is 4.39 Å². The van der Waals surface area contributed by atoms with Gasteiger partial charge in [-0.3, -0.25) is 9.78 Å². The topological polar surface area (TPSA) is 30.0 Å². The summed E-state index contributed by atoms with van der Waals surface area (Å²) in [6, 6.07) is 8.13. The Morgan fingerprint density at radius 2 is 2.06 bits per heavy atom. The smallest absolute Gasteiger partial charge is 0.164 e. The van der Waals surface area contributed by atoms with Crippen LogP contribution in [0.25, 0.3) is 11.1 Å². The van der Waals surface area contributed by atoms with Gasteiger partial charge in [0.05, 0.1) is 0 Å². The number of Topliss-reactive ketones (excluding diaryl/α,β-unsaturated/α-hetero) is 1. The van der Waals surface area contributed by atoms with Gasteiger partial charge >= 0.3 is 0 Å². The highest BCUT2D eigenvalue weighted by atomic mass is 19.1. The van der Waals surface area contributed by atoms with Gasteiger partial charge in [0.1, 0.15) is 5.82 Å². The first-order valence-electron chi connectivity index (χ1n) is 5.45. The summed E-state index contributed by atoms with van der Waals surface area (Å²) in [5, 5.41) is 0. The van der Waals surface area contributed by atoms with Crippen molar-refractivity contribution in [2.24, 2.45) is 0 Å². The molecule has 2 aromatic rings. The number of halogens is 1. The molecule has 0 aliphatic heterocycles. The normalized spacial score (nSPS) is 10.2. The van der Waals surface area contributed by atoms with E-state index in [1.807, 2.05) is 0 Å². The van der Waals surface area contributed by atoms with E-state index in [9.17, 15) is 9.18 Å². The Morgan fingerprint density at radius 1 is 1.29 bits per heavy atom. The van der Waals surface area contributed by atoms with E-state index in [0.717, 1.165) is 0 Å². The fourth-order valence-corrected chi connectivity index (χ4v) is 1.64. The summed E-state index contributed by atoms with van der Waals surface area (Å²) < 4.78 is 13.6. The summed E-state index contributed by atoms with van der Waals surface area (Å²) in [7, 11) is 0. The van der Waals surface area contributed by atoms with Gasteiger partial charge in [0, 0.05) is 35.5 Å². The van der Waals surface area contributed by atoms with Crippen LogP contribution in [-0.4, -0.2) is 10.8 Å². The lowest BCUT2D eigenvalue weighted by Gasteiger charge is -2.04. The average molecular weight is 229 g/mol. The zero-order valence-electron chi connectivity index (χ0n) is 9.48. The molecule has 0 radical (unpaired) electrons. The van der Waals surface area contributed by atoms with Crippen LogP contribution in [-0.2, 0) is 0 Å². The Hall–Kier alpha value is -2.03. The summed E-state index contributed by atoms with van der Waals surface area (Å²) in [6.07, 6.45) is 3.49. The molecule has 0 bridgehead atoms. The molecule has 0 aliphatic carbocycles. The predicted molar refractivity (Wildman–Crippen MR) is 64.3 cm³/mol. The van der Waals surface area contributed by atoms with E-state index in [-0.39, 0.29) is 11.6 Å². The van der Waals surface area contributed by atoms with Gasteiger partial charge in [0.25, 0.3) is 0 Å². The van der Waals surface area contributed by atoms with Crippen molar-refractivity contribution in [3.05, 3.63) is 54.1 Å². The highest BCUT2D eigenvalue weighted by Gasteiger charge is 2.08. The van der Waals surface area contributed by atoms with Gasteiger partial charge < -0.3 is 0 Å². The molecule has 0 amide bonds. The molecule has 0 N–H and O–H groups in total. The van der Waals surface area contributed by atoms with Crippen LogP contribution in [0.3, 0.4) is 0 Å². The number of aromatic nitrogens is 1. The largest absolute Gasteiger partial charge is 0.294 e. The number of hydrogen-bond donors (Lipinski definition) is 0. The lowest BCUT2D eigenvalue weighted by molar-refractivity contribution is 0.0988. The number of nitrogens with zero attached hydrogens (tertiary/aromatic N) is 1. The first-order valence-corrected chi connectivity index (χ1v) is 5.45. The molecule has 86 valence electrons. The molecule has 2 rings (SSSR count). The van der Waals surface area contributed by atoms with Gasteiger partial charge in [-0.1, -0.05) is 25.1 Å². The molecule has 3 heteroatoms. The minimum Gasteiger partial charge on any atom is -0.294 e. The molecule has 1 aromatic carbocycles. The number of ketones is 1. The zero-order chi connectivity index (χ0) is 12.3. The summed E-state index contributed by atoms with van der Waals surface area (Å²) in [4.78, 5) is 15.5. The van der Waals surface area contributed by atoms with E-state index in [4.69, 9.17) is 0 Å². The molecule has 0 saturated heterocycles. The van der Waals surface area contributed by atoms with Crippen LogP contribution < -0.4 is 0 Å². The monoisotopic (exact) mass is 229 g/mol. The van der Waals surface area contributed by atoms with Crippen molar-refractivity contribution in [3.8, 4) is 11.1 Å². The first kappa shape index (κ1) is 11.5. The number of carbonyl (C=O) groups is 1. The van der Waals surface area contributed by atoms with E-state index in [2.05, 4.69) is 4.98 Å². The van der Waals surface area contributed by atoms with Crippen LogP contribution in [0.1, 0.15) is 23.7 Å². The summed E-state index contributed by atoms with van der Waals surface area (Å²) in [5.74, 6) is -0.300. The number of pyridine rings is 1. The van der Waals surface area contributed by atoms with E-state index in [0.29, 0.717) is 23.1 Å². The molecule has 2 nitrogen and oxygen atoms in total. The number of carbonyl (C=O) groups excluding carboxylic acids is 1. The zero-order valence-corrected chi connectivity index (χ0v) is 9.48. The average Bonchev–Trinajstić information content (AvgIpc) is 2.38. The Balaban J connectivity index is 2.47. The van der Waals surface area contributed by atoms with Crippen LogP contribution in [0.2, 0.25) is 0 Å². The minimum atomic E-state index is -0.310. The van der Waals surface area contributed by atoms with Gasteiger partial charge in [0.15, 0.2) is 5.78 Å². The van der Waals surface area contributed by atoms with Gasteiger partial charge in [0.2, 0.25) is 0 Å². The van der Waals surface area contributed by atoms with Gasteiger partial charge in [-0.2, -0.15) is 0 Å². The molecular weight excluding hydrogens is 217 g/mol. The van der Waals surface area contributed by atoms with E-state index >= 15 is 0 Å². The van der Waals surface area contributed by atoms with E-state index < -0.39 is 0 Å². The Labute approximate surface area is 99.1 Å². The van der Waals surface area contributed by atoms with Crippen molar-refractivity contribution in [2.45, 2.75) is 13.3 Å². The maximum atomic E-state index is 13.6. The van der Waals surface area contributed by atoms with Crippen LogP contribution >= 0.6 is 0 Å². The quantitative estimate of drug-likeness (QED) is 0.754. The standard InChI is InChI=1S/C14H12FNO/c1-2-14(17)11-7-10(8-16-9-11)12-5-3-4-6-13(12)15/h3-9H,2H2,1H3. The van der Waals surface area contributed by atoms with Gasteiger partial charge in [-0.15, -0.1) is 0 Å². The SMILES string of the molecule is CCC(=O)c1cncc(-c2ccccc2F)c1. The molecule has 0 unspecified atom stereocenters. The van der Waals surface area contributed by atoms with Crippen molar-refractivity contribution in [1.82, 2.24) is 4.98 Å². The maximum Gasteiger partial charge on any atom is 0.164 e. The number of hydrogen-bond acceptors (Lipinski definition) is 2. The molecule has 0 saturated carbocycles. The Kier molecular flexibility index (Phi) is 3.28. The fourth-order valence-electron chi connectivity index (χ4n) is 1.64. The summed E-state index contributed by atoms with van der Waals surface area (Å²) in [5.41, 5.74) is 1.61. The van der Waals surface area contributed by atoms with Crippen LogP contribution in [0, 0.1) is 5.82 Å². The first-order chi connectivity index (χ1) is 8.22. The van der Waals surface area contributed by atoms with E-state index in [1.54, 1.807) is 37.4 Å². The van der Waals surface area contributed by atoms with Crippen LogP contribution in [0.15, 0.2) is 42.7 Å². The Bertz CT molecular complexity index is 551. The summed E-state index contributed by atoms with van der Waals surface area (Å²) in [6.45, 7) is 1.79. The number of benzene rings is 1. The second-order valence-corrected chi connectivity index (χ2v) is 3.72. The maximum absolute atomic E-state index is 13.6. The molecule has 17 heavy (non-hydrogen) atoms. The van der Waals surface area contributed by atoms with Crippen LogP contribution in [0.5, 0.6) is 0 Å². The van der Waals surface area contributed by atoms with E-state index in [1.165, 1.54) is 12.3 Å². The molecular formula is C14H12FNO. The number of rotatable bonds is 3. The molecule has 0 aliphatic rings. The predicted octanol–water partition coefficient (Wildman–Crippen LogP) is 3.48. The minimum absolute atomic E-state index is 0.00990. The third kappa shape index (κ3) is 2.38. The van der Waals surface area contributed by atoms with Crippen molar-refractivity contribution < 1.29 is 9.18 Å². The van der Waals surface area contributed by atoms with Gasteiger partial charge in [-0.05, 0) is 12.1 Å². The summed E-state index contributed by atoms with van der Waals surface area (Å²) >= 11 is 0. The van der Waals surface area contributed by atoms with Crippen molar-refractivity contribution in [3.63, 3.8) is 0 Å². The fraction of sp³-hybridized carbons (Fsp3) is 0.143. The van der Waals surface area contributed by atoms with Gasteiger partial charge in [-0.25, -0.2) is 4.39 Å². The third-order valence-corrected chi connectivity index (χ3v) is 2.57. The molecule has 1 aromatic heterocycles. The molecule has 0 fully saturated rings. The van der Waals surface area contributed by atoms with Crippen molar-refractivity contribution in [1.29, 1.82) is 0 Å². The second-order valence-electron chi connectivity index (χ2n) is 3.72. The molecule has 0 spiro atoms. The van der Waals surface area contributed by atoms with Crippen molar-refractivity contribution in [2.75, 3.05) is 0 Å². The lowest BCUT2D eigenvalue weighted by Crippen LogP contribution is -1.98. The highest BCUT2D eigenvalue weighted by Crippen LogP contribution is 2.22. The highest BCUT2D eigenvalue weighted by molar-refractivity contribution is 5.96. The molecule has 1 heterocycles. The molecule has 0 atom stereocenters.